The molecule has 3 rings (SSSR count). The first-order valence-electron chi connectivity index (χ1n) is 8.79. The van der Waals surface area contributed by atoms with E-state index in [0.717, 1.165) is 22.9 Å². The van der Waals surface area contributed by atoms with Gasteiger partial charge >= 0.3 is 11.9 Å². The van der Waals surface area contributed by atoms with Gasteiger partial charge in [0.1, 0.15) is 6.10 Å². The summed E-state index contributed by atoms with van der Waals surface area (Å²) < 4.78 is 25.4. The van der Waals surface area contributed by atoms with Crippen molar-refractivity contribution >= 4 is 27.9 Å². The summed E-state index contributed by atoms with van der Waals surface area (Å²) in [4.78, 5) is 24.1. The lowest BCUT2D eigenvalue weighted by molar-refractivity contribution is -0.152. The Bertz CT molecular complexity index is 771. The van der Waals surface area contributed by atoms with Crippen molar-refractivity contribution in [2.45, 2.75) is 39.7 Å². The van der Waals surface area contributed by atoms with Gasteiger partial charge in [-0.15, -0.1) is 0 Å². The maximum atomic E-state index is 13.9. The molecule has 0 bridgehead atoms. The molecule has 0 aromatic heterocycles. The van der Waals surface area contributed by atoms with Crippen LogP contribution in [0.15, 0.2) is 34.6 Å². The highest BCUT2D eigenvalue weighted by atomic mass is 79.9. The molecule has 1 unspecified atom stereocenters. The zero-order valence-corrected chi connectivity index (χ0v) is 16.6. The first kappa shape index (κ1) is 19.1. The summed E-state index contributed by atoms with van der Waals surface area (Å²) in [6.45, 7) is 5.47. The van der Waals surface area contributed by atoms with Gasteiger partial charge in [-0.25, -0.2) is 4.79 Å². The van der Waals surface area contributed by atoms with Crippen LogP contribution in [-0.2, 0) is 25.5 Å². The molecular weight excluding hydrogens is 403 g/mol. The molecule has 1 aromatic carbocycles. The van der Waals surface area contributed by atoms with Crippen molar-refractivity contribution in [3.05, 3.63) is 45.7 Å². The standard InChI is InChI=1S/C20H22BrFO4/c1-4-25-18(23)15(22)10-13-17(20(13,2)3)19(24)26-16-9-8-11-12(16)6-5-7-14(11)21/h5-7,10,13,16-17H,4,8-9H2,1-3H3/t13-,16?,17-/m0/s1. The third-order valence-corrected chi connectivity index (χ3v) is 6.12. The van der Waals surface area contributed by atoms with Gasteiger partial charge in [-0.05, 0) is 54.4 Å². The summed E-state index contributed by atoms with van der Waals surface area (Å²) in [5.74, 6) is -3.11. The Labute approximate surface area is 160 Å². The predicted octanol–water partition coefficient (Wildman–Crippen LogP) is 4.67. The Kier molecular flexibility index (Phi) is 5.24. The Morgan fingerprint density at radius 1 is 1.38 bits per heavy atom. The molecule has 1 aromatic rings. The van der Waals surface area contributed by atoms with Gasteiger partial charge < -0.3 is 9.47 Å². The van der Waals surface area contributed by atoms with Gasteiger partial charge in [-0.3, -0.25) is 4.79 Å². The second kappa shape index (κ2) is 7.14. The summed E-state index contributed by atoms with van der Waals surface area (Å²) in [6.07, 6.45) is 2.52. The number of fused-ring (bicyclic) bond motifs is 1. The molecular formula is C20H22BrFO4. The SMILES string of the molecule is CCOC(=O)C(F)=C[C@H]1[C@@H](C(=O)OC2CCc3c(Br)cccc32)C1(C)C. The van der Waals surface area contributed by atoms with Crippen LogP contribution in [-0.4, -0.2) is 18.5 Å². The molecule has 2 aliphatic rings. The minimum atomic E-state index is -0.989. The van der Waals surface area contributed by atoms with E-state index < -0.39 is 23.1 Å². The molecule has 0 radical (unpaired) electrons. The highest BCUT2D eigenvalue weighted by Crippen LogP contribution is 2.60. The molecule has 0 amide bonds. The van der Waals surface area contributed by atoms with Crippen molar-refractivity contribution < 1.29 is 23.5 Å². The van der Waals surface area contributed by atoms with Crippen molar-refractivity contribution in [3.8, 4) is 0 Å². The molecule has 4 nitrogen and oxygen atoms in total. The van der Waals surface area contributed by atoms with Gasteiger partial charge in [0, 0.05) is 4.47 Å². The highest BCUT2D eigenvalue weighted by Gasteiger charge is 2.62. The van der Waals surface area contributed by atoms with Crippen LogP contribution in [0, 0.1) is 17.3 Å². The zero-order chi connectivity index (χ0) is 19.1. The Balaban J connectivity index is 1.69. The Morgan fingerprint density at radius 2 is 2.12 bits per heavy atom. The normalized spacial score (nSPS) is 26.2. The van der Waals surface area contributed by atoms with Gasteiger partial charge in [0.2, 0.25) is 5.83 Å². The Hall–Kier alpha value is -1.69. The smallest absolute Gasteiger partial charge is 0.366 e. The molecule has 6 heteroatoms. The van der Waals surface area contributed by atoms with Gasteiger partial charge in [-0.2, -0.15) is 4.39 Å². The molecule has 2 aliphatic carbocycles. The fraction of sp³-hybridized carbons (Fsp3) is 0.500. The van der Waals surface area contributed by atoms with E-state index in [1.54, 1.807) is 6.92 Å². The monoisotopic (exact) mass is 424 g/mol. The van der Waals surface area contributed by atoms with E-state index in [9.17, 15) is 14.0 Å². The molecule has 0 spiro atoms. The lowest BCUT2D eigenvalue weighted by atomic mass is 10.1. The lowest BCUT2D eigenvalue weighted by Crippen LogP contribution is -2.14. The summed E-state index contributed by atoms with van der Waals surface area (Å²) in [5, 5.41) is 0. The summed E-state index contributed by atoms with van der Waals surface area (Å²) in [5.41, 5.74) is 1.75. The molecule has 1 fully saturated rings. The van der Waals surface area contributed by atoms with Crippen LogP contribution in [0.5, 0.6) is 0 Å². The van der Waals surface area contributed by atoms with E-state index in [-0.39, 0.29) is 24.6 Å². The quantitative estimate of drug-likeness (QED) is 0.508. The van der Waals surface area contributed by atoms with Crippen LogP contribution in [0.2, 0.25) is 0 Å². The number of allylic oxidation sites excluding steroid dienone is 1. The van der Waals surface area contributed by atoms with E-state index in [4.69, 9.17) is 4.74 Å². The lowest BCUT2D eigenvalue weighted by Gasteiger charge is -2.14. The minimum absolute atomic E-state index is 0.107. The summed E-state index contributed by atoms with van der Waals surface area (Å²) in [6, 6.07) is 5.88. The Morgan fingerprint density at radius 3 is 2.81 bits per heavy atom. The first-order chi connectivity index (χ1) is 12.3. The van der Waals surface area contributed by atoms with Crippen molar-refractivity contribution in [1.82, 2.24) is 0 Å². The number of carbonyl (C=O) groups is 2. The number of rotatable bonds is 5. The summed E-state index contributed by atoms with van der Waals surface area (Å²) >= 11 is 3.53. The van der Waals surface area contributed by atoms with Crippen LogP contribution in [0.3, 0.4) is 0 Å². The van der Waals surface area contributed by atoms with Crippen LogP contribution >= 0.6 is 15.9 Å². The van der Waals surface area contributed by atoms with Gasteiger partial charge in [0.05, 0.1) is 12.5 Å². The largest absolute Gasteiger partial charge is 0.461 e. The number of halogens is 2. The second-order valence-corrected chi connectivity index (χ2v) is 8.19. The van der Waals surface area contributed by atoms with Crippen LogP contribution in [0.25, 0.3) is 0 Å². The summed E-state index contributed by atoms with van der Waals surface area (Å²) in [7, 11) is 0. The van der Waals surface area contributed by atoms with Gasteiger partial charge in [0.15, 0.2) is 0 Å². The molecule has 0 N–H and O–H groups in total. The van der Waals surface area contributed by atoms with E-state index in [1.807, 2.05) is 32.0 Å². The van der Waals surface area contributed by atoms with E-state index in [2.05, 4.69) is 20.7 Å². The first-order valence-corrected chi connectivity index (χ1v) is 9.58. The number of benzene rings is 1. The second-order valence-electron chi connectivity index (χ2n) is 7.33. The van der Waals surface area contributed by atoms with E-state index in [1.165, 1.54) is 11.6 Å². The third kappa shape index (κ3) is 3.43. The molecule has 0 aliphatic heterocycles. The zero-order valence-electron chi connectivity index (χ0n) is 15.1. The van der Waals surface area contributed by atoms with Gasteiger partial charge in [0.25, 0.3) is 0 Å². The van der Waals surface area contributed by atoms with E-state index >= 15 is 0 Å². The molecule has 26 heavy (non-hydrogen) atoms. The maximum Gasteiger partial charge on any atom is 0.366 e. The predicted molar refractivity (Wildman–Crippen MR) is 97.9 cm³/mol. The number of carbonyl (C=O) groups excluding carboxylic acids is 2. The highest BCUT2D eigenvalue weighted by molar-refractivity contribution is 9.10. The van der Waals surface area contributed by atoms with Crippen LogP contribution < -0.4 is 0 Å². The van der Waals surface area contributed by atoms with E-state index in [0.29, 0.717) is 0 Å². The topological polar surface area (TPSA) is 52.6 Å². The maximum absolute atomic E-state index is 13.9. The molecule has 1 saturated carbocycles. The fourth-order valence-electron chi connectivity index (χ4n) is 3.77. The average molecular weight is 425 g/mol. The van der Waals surface area contributed by atoms with Crippen LogP contribution in [0.1, 0.15) is 44.4 Å². The number of hydrogen-bond acceptors (Lipinski definition) is 4. The van der Waals surface area contributed by atoms with Crippen molar-refractivity contribution in [3.63, 3.8) is 0 Å². The molecule has 140 valence electrons. The van der Waals surface area contributed by atoms with Crippen LogP contribution in [0.4, 0.5) is 4.39 Å². The van der Waals surface area contributed by atoms with Crippen molar-refractivity contribution in [2.75, 3.05) is 6.61 Å². The van der Waals surface area contributed by atoms with Crippen molar-refractivity contribution in [1.29, 1.82) is 0 Å². The number of hydrogen-bond donors (Lipinski definition) is 0. The fourth-order valence-corrected chi connectivity index (χ4v) is 4.35. The number of ether oxygens (including phenoxy) is 2. The minimum Gasteiger partial charge on any atom is -0.461 e. The number of esters is 2. The van der Waals surface area contributed by atoms with Crippen molar-refractivity contribution in [2.24, 2.45) is 17.3 Å². The molecule has 0 heterocycles. The molecule has 0 saturated heterocycles. The average Bonchev–Trinajstić information content (AvgIpc) is 2.90. The third-order valence-electron chi connectivity index (χ3n) is 5.38. The van der Waals surface area contributed by atoms with Gasteiger partial charge in [-0.1, -0.05) is 41.9 Å². The molecule has 3 atom stereocenters.